The third-order valence-corrected chi connectivity index (χ3v) is 4.45. The number of esters is 1. The highest BCUT2D eigenvalue weighted by Crippen LogP contribution is 2.33. The zero-order valence-electron chi connectivity index (χ0n) is 14.7. The Kier molecular flexibility index (Phi) is 5.32. The molecule has 3 N–H and O–H groups in total. The van der Waals surface area contributed by atoms with Crippen molar-refractivity contribution in [3.63, 3.8) is 0 Å². The lowest BCUT2D eigenvalue weighted by molar-refractivity contribution is -0.142. The summed E-state index contributed by atoms with van der Waals surface area (Å²) in [4.78, 5) is 24.6. The van der Waals surface area contributed by atoms with E-state index in [9.17, 15) is 14.7 Å². The van der Waals surface area contributed by atoms with E-state index < -0.39 is 18.0 Å². The first-order valence-corrected chi connectivity index (χ1v) is 8.43. The first-order valence-electron chi connectivity index (χ1n) is 8.43. The highest BCUT2D eigenvalue weighted by atomic mass is 16.6. The number of ether oxygens (including phenoxy) is 3. The standard InChI is InChI=1S/C18H22N2O6/c1-10-15(17(22)26-9-12-4-3-7-25-12)16(20-18(23)19-10)11-5-6-13(21)14(8-11)24-2/h5-6,8,12,16,21H,3-4,7,9H2,1-2H3,(H2,19,20,23)/t12-,16-/m0/s1. The molecular weight excluding hydrogens is 340 g/mol. The first-order chi connectivity index (χ1) is 12.5. The highest BCUT2D eigenvalue weighted by Gasteiger charge is 2.33. The maximum absolute atomic E-state index is 12.7. The molecule has 8 nitrogen and oxygen atoms in total. The molecule has 2 atom stereocenters. The smallest absolute Gasteiger partial charge is 0.338 e. The fourth-order valence-electron chi connectivity index (χ4n) is 3.11. The van der Waals surface area contributed by atoms with Crippen molar-refractivity contribution in [2.45, 2.75) is 31.9 Å². The Morgan fingerprint density at radius 2 is 2.23 bits per heavy atom. The number of amides is 2. The molecule has 2 amide bonds. The van der Waals surface area contributed by atoms with Gasteiger partial charge in [0.05, 0.1) is 24.8 Å². The lowest BCUT2D eigenvalue weighted by atomic mass is 9.95. The molecule has 1 aromatic rings. The lowest BCUT2D eigenvalue weighted by Crippen LogP contribution is -2.45. The molecule has 2 aliphatic rings. The van der Waals surface area contributed by atoms with Crippen molar-refractivity contribution in [1.82, 2.24) is 10.6 Å². The Morgan fingerprint density at radius 3 is 2.92 bits per heavy atom. The highest BCUT2D eigenvalue weighted by molar-refractivity contribution is 5.95. The topological polar surface area (TPSA) is 106 Å². The fraction of sp³-hybridized carbons (Fsp3) is 0.444. The molecule has 26 heavy (non-hydrogen) atoms. The second-order valence-electron chi connectivity index (χ2n) is 6.23. The number of phenols is 1. The van der Waals surface area contributed by atoms with Crippen molar-refractivity contribution in [2.75, 3.05) is 20.3 Å². The SMILES string of the molecule is COc1cc([C@@H]2NC(=O)NC(C)=C2C(=O)OC[C@@H]2CCCO2)ccc1O. The predicted octanol–water partition coefficient (Wildman–Crippen LogP) is 1.75. The van der Waals surface area contributed by atoms with E-state index in [4.69, 9.17) is 14.2 Å². The monoisotopic (exact) mass is 362 g/mol. The minimum atomic E-state index is -0.713. The number of hydrogen-bond donors (Lipinski definition) is 3. The van der Waals surface area contributed by atoms with Gasteiger partial charge in [0.15, 0.2) is 11.5 Å². The lowest BCUT2D eigenvalue weighted by Gasteiger charge is -2.28. The van der Waals surface area contributed by atoms with Crippen LogP contribution in [0, 0.1) is 0 Å². The molecule has 0 aromatic heterocycles. The number of carbonyl (C=O) groups excluding carboxylic acids is 2. The van der Waals surface area contributed by atoms with Crippen LogP contribution in [0.1, 0.15) is 31.4 Å². The first kappa shape index (κ1) is 18.1. The van der Waals surface area contributed by atoms with E-state index >= 15 is 0 Å². The van der Waals surface area contributed by atoms with Crippen LogP contribution in [0.2, 0.25) is 0 Å². The average molecular weight is 362 g/mol. The summed E-state index contributed by atoms with van der Waals surface area (Å²) in [6.07, 6.45) is 1.73. The van der Waals surface area contributed by atoms with Crippen LogP contribution < -0.4 is 15.4 Å². The Bertz CT molecular complexity index is 739. The van der Waals surface area contributed by atoms with Gasteiger partial charge in [0.2, 0.25) is 0 Å². The molecule has 0 saturated carbocycles. The molecule has 1 fully saturated rings. The molecule has 3 rings (SSSR count). The largest absolute Gasteiger partial charge is 0.504 e. The minimum absolute atomic E-state index is 0.0280. The molecule has 0 aliphatic carbocycles. The molecule has 0 radical (unpaired) electrons. The molecule has 0 bridgehead atoms. The van der Waals surface area contributed by atoms with Gasteiger partial charge in [-0.25, -0.2) is 9.59 Å². The summed E-state index contributed by atoms with van der Waals surface area (Å²) in [6, 6.07) is 3.51. The van der Waals surface area contributed by atoms with E-state index in [1.807, 2.05) is 0 Å². The molecular formula is C18H22N2O6. The fourth-order valence-corrected chi connectivity index (χ4v) is 3.11. The third-order valence-electron chi connectivity index (χ3n) is 4.45. The average Bonchev–Trinajstić information content (AvgIpc) is 3.13. The van der Waals surface area contributed by atoms with Gasteiger partial charge in [-0.05, 0) is 37.5 Å². The van der Waals surface area contributed by atoms with E-state index in [-0.39, 0.29) is 24.2 Å². The maximum Gasteiger partial charge on any atom is 0.338 e. The number of carbonyl (C=O) groups is 2. The molecule has 8 heteroatoms. The summed E-state index contributed by atoms with van der Waals surface area (Å²) in [5, 5.41) is 15.1. The van der Waals surface area contributed by atoms with Crippen molar-refractivity contribution < 1.29 is 28.9 Å². The number of methoxy groups -OCH3 is 1. The number of phenolic OH excluding ortho intramolecular Hbond substituents is 1. The van der Waals surface area contributed by atoms with Crippen molar-refractivity contribution in [2.24, 2.45) is 0 Å². The summed E-state index contributed by atoms with van der Waals surface area (Å²) >= 11 is 0. The summed E-state index contributed by atoms with van der Waals surface area (Å²) in [7, 11) is 1.43. The van der Waals surface area contributed by atoms with E-state index in [0.717, 1.165) is 12.8 Å². The van der Waals surface area contributed by atoms with E-state index in [0.29, 0.717) is 23.4 Å². The van der Waals surface area contributed by atoms with Gasteiger partial charge in [0.25, 0.3) is 0 Å². The Balaban J connectivity index is 1.85. The second kappa shape index (κ2) is 7.65. The Morgan fingerprint density at radius 1 is 1.42 bits per heavy atom. The molecule has 0 unspecified atom stereocenters. The zero-order valence-corrected chi connectivity index (χ0v) is 14.7. The number of hydrogen-bond acceptors (Lipinski definition) is 6. The van der Waals surface area contributed by atoms with Gasteiger partial charge < -0.3 is 30.0 Å². The molecule has 2 aliphatic heterocycles. The van der Waals surface area contributed by atoms with Crippen molar-refractivity contribution in [1.29, 1.82) is 0 Å². The summed E-state index contributed by atoms with van der Waals surface area (Å²) in [5.41, 5.74) is 1.32. The molecule has 140 valence electrons. The van der Waals surface area contributed by atoms with Gasteiger partial charge in [-0.2, -0.15) is 0 Å². The van der Waals surface area contributed by atoms with Gasteiger partial charge in [0.1, 0.15) is 6.61 Å². The van der Waals surface area contributed by atoms with Crippen LogP contribution in [0.25, 0.3) is 0 Å². The Hall–Kier alpha value is -2.74. The van der Waals surface area contributed by atoms with E-state index in [1.165, 1.54) is 13.2 Å². The van der Waals surface area contributed by atoms with E-state index in [1.54, 1.807) is 19.1 Å². The van der Waals surface area contributed by atoms with Crippen LogP contribution in [-0.2, 0) is 14.3 Å². The normalized spacial score (nSPS) is 22.6. The summed E-state index contributed by atoms with van der Waals surface area (Å²) < 4.78 is 16.0. The summed E-state index contributed by atoms with van der Waals surface area (Å²) in [5.74, 6) is -0.303. The number of urea groups is 1. The molecule has 1 saturated heterocycles. The number of rotatable bonds is 5. The van der Waals surface area contributed by atoms with Gasteiger partial charge in [0, 0.05) is 12.3 Å². The third kappa shape index (κ3) is 3.75. The van der Waals surface area contributed by atoms with Gasteiger partial charge in [-0.15, -0.1) is 0 Å². The number of allylic oxidation sites excluding steroid dienone is 1. The van der Waals surface area contributed by atoms with Crippen LogP contribution in [0.4, 0.5) is 4.79 Å². The van der Waals surface area contributed by atoms with Gasteiger partial charge >= 0.3 is 12.0 Å². The number of aromatic hydroxyl groups is 1. The van der Waals surface area contributed by atoms with Crippen LogP contribution in [0.15, 0.2) is 29.5 Å². The molecule has 2 heterocycles. The van der Waals surface area contributed by atoms with Gasteiger partial charge in [-0.1, -0.05) is 6.07 Å². The quantitative estimate of drug-likeness (QED) is 0.689. The molecule has 1 aromatic carbocycles. The minimum Gasteiger partial charge on any atom is -0.504 e. The van der Waals surface area contributed by atoms with Crippen LogP contribution in [0.5, 0.6) is 11.5 Å². The summed E-state index contributed by atoms with van der Waals surface area (Å²) in [6.45, 7) is 2.50. The van der Waals surface area contributed by atoms with Crippen LogP contribution in [-0.4, -0.2) is 43.5 Å². The second-order valence-corrected chi connectivity index (χ2v) is 6.23. The van der Waals surface area contributed by atoms with Crippen molar-refractivity contribution in [3.05, 3.63) is 35.0 Å². The van der Waals surface area contributed by atoms with Crippen LogP contribution in [0.3, 0.4) is 0 Å². The number of benzene rings is 1. The van der Waals surface area contributed by atoms with Gasteiger partial charge in [-0.3, -0.25) is 0 Å². The van der Waals surface area contributed by atoms with Crippen LogP contribution >= 0.6 is 0 Å². The molecule has 0 spiro atoms. The van der Waals surface area contributed by atoms with Crippen molar-refractivity contribution in [3.8, 4) is 11.5 Å². The number of nitrogens with one attached hydrogen (secondary N) is 2. The predicted molar refractivity (Wildman–Crippen MR) is 91.7 cm³/mol. The zero-order chi connectivity index (χ0) is 18.7. The maximum atomic E-state index is 12.7. The van der Waals surface area contributed by atoms with E-state index in [2.05, 4.69) is 10.6 Å². The van der Waals surface area contributed by atoms with Crippen molar-refractivity contribution >= 4 is 12.0 Å². The Labute approximate surface area is 151 Å².